The van der Waals surface area contributed by atoms with Crippen LogP contribution in [0.2, 0.25) is 0 Å². The number of phenolic OH excluding ortho intramolecular Hbond substituents is 3. The Kier molecular flexibility index (Phi) is 3.24. The van der Waals surface area contributed by atoms with Gasteiger partial charge in [0.15, 0.2) is 0 Å². The zero-order valence-corrected chi connectivity index (χ0v) is 11.2. The van der Waals surface area contributed by atoms with Crippen molar-refractivity contribution >= 4 is 0 Å². The average Bonchev–Trinajstić information content (AvgIpc) is 2.47. The Morgan fingerprint density at radius 3 is 1.24 bits per heavy atom. The van der Waals surface area contributed by atoms with Gasteiger partial charge in [0.2, 0.25) is 0 Å². The van der Waals surface area contributed by atoms with Crippen molar-refractivity contribution in [3.05, 3.63) is 66.7 Å². The lowest BCUT2D eigenvalue weighted by atomic mass is 10.00. The standard InChI is InChI=1S/C18H14O3/c19-16-7-5-13(6-8-16)12-1-3-14(4-2-12)15-9-17(20)11-18(21)10-15/h1-11,19-21H. The fourth-order valence-corrected chi connectivity index (χ4v) is 2.27. The zero-order valence-electron chi connectivity index (χ0n) is 11.2. The molecule has 3 aromatic rings. The molecule has 0 saturated heterocycles. The molecular formula is C18H14O3. The molecule has 0 fully saturated rings. The van der Waals surface area contributed by atoms with E-state index < -0.39 is 0 Å². The SMILES string of the molecule is Oc1ccc(-c2ccc(-c3cc(O)cc(O)c3)cc2)cc1. The highest BCUT2D eigenvalue weighted by Crippen LogP contribution is 2.30. The largest absolute Gasteiger partial charge is 0.508 e. The minimum atomic E-state index is 0.0348. The summed E-state index contributed by atoms with van der Waals surface area (Å²) in [7, 11) is 0. The third-order valence-corrected chi connectivity index (χ3v) is 3.32. The van der Waals surface area contributed by atoms with E-state index in [0.29, 0.717) is 0 Å². The third kappa shape index (κ3) is 2.82. The number of hydrogen-bond donors (Lipinski definition) is 3. The molecule has 0 spiro atoms. The van der Waals surface area contributed by atoms with Gasteiger partial charge in [0.1, 0.15) is 17.2 Å². The molecule has 104 valence electrons. The van der Waals surface area contributed by atoms with Crippen molar-refractivity contribution in [3.63, 3.8) is 0 Å². The fourth-order valence-electron chi connectivity index (χ4n) is 2.27. The topological polar surface area (TPSA) is 60.7 Å². The van der Waals surface area contributed by atoms with Crippen LogP contribution in [0.25, 0.3) is 22.3 Å². The van der Waals surface area contributed by atoms with E-state index in [1.54, 1.807) is 24.3 Å². The Morgan fingerprint density at radius 1 is 0.381 bits per heavy atom. The lowest BCUT2D eigenvalue weighted by molar-refractivity contribution is 0.451. The van der Waals surface area contributed by atoms with Crippen LogP contribution in [-0.4, -0.2) is 15.3 Å². The molecule has 0 aromatic heterocycles. The summed E-state index contributed by atoms with van der Waals surface area (Å²) in [6.45, 7) is 0. The Bertz CT molecular complexity index is 739. The van der Waals surface area contributed by atoms with Gasteiger partial charge in [-0.3, -0.25) is 0 Å². The monoisotopic (exact) mass is 278 g/mol. The third-order valence-electron chi connectivity index (χ3n) is 3.32. The zero-order chi connectivity index (χ0) is 14.8. The first-order chi connectivity index (χ1) is 10.1. The van der Waals surface area contributed by atoms with Gasteiger partial charge in [0.25, 0.3) is 0 Å². The molecule has 3 nitrogen and oxygen atoms in total. The number of benzene rings is 3. The fraction of sp³-hybridized carbons (Fsp3) is 0. The molecule has 3 heteroatoms. The van der Waals surface area contributed by atoms with Gasteiger partial charge in [-0.1, -0.05) is 36.4 Å². The molecule has 0 aliphatic carbocycles. The van der Waals surface area contributed by atoms with Crippen LogP contribution in [0.15, 0.2) is 66.7 Å². The van der Waals surface area contributed by atoms with Crippen molar-refractivity contribution in [2.75, 3.05) is 0 Å². The average molecular weight is 278 g/mol. The van der Waals surface area contributed by atoms with Gasteiger partial charge in [0, 0.05) is 6.07 Å². The Morgan fingerprint density at radius 2 is 0.762 bits per heavy atom. The number of rotatable bonds is 2. The van der Waals surface area contributed by atoms with Crippen LogP contribution >= 0.6 is 0 Å². The normalized spacial score (nSPS) is 10.5. The molecule has 0 atom stereocenters. The second-order valence-electron chi connectivity index (χ2n) is 4.86. The summed E-state index contributed by atoms with van der Waals surface area (Å²) in [4.78, 5) is 0. The smallest absolute Gasteiger partial charge is 0.119 e. The van der Waals surface area contributed by atoms with Crippen LogP contribution < -0.4 is 0 Å². The summed E-state index contributed by atoms with van der Waals surface area (Å²) in [5, 5.41) is 28.4. The molecular weight excluding hydrogens is 264 g/mol. The van der Waals surface area contributed by atoms with Crippen molar-refractivity contribution in [2.45, 2.75) is 0 Å². The van der Waals surface area contributed by atoms with Gasteiger partial charge in [-0.05, 0) is 46.5 Å². The van der Waals surface area contributed by atoms with Crippen molar-refractivity contribution in [1.29, 1.82) is 0 Å². The Labute approximate surface area is 122 Å². The maximum Gasteiger partial charge on any atom is 0.119 e. The predicted molar refractivity (Wildman–Crippen MR) is 82.3 cm³/mol. The molecule has 0 saturated carbocycles. The number of hydrogen-bond acceptors (Lipinski definition) is 3. The second kappa shape index (κ2) is 5.21. The van der Waals surface area contributed by atoms with E-state index in [-0.39, 0.29) is 17.2 Å². The van der Waals surface area contributed by atoms with E-state index in [4.69, 9.17) is 0 Å². The maximum atomic E-state index is 9.53. The van der Waals surface area contributed by atoms with Gasteiger partial charge in [-0.2, -0.15) is 0 Å². The molecule has 21 heavy (non-hydrogen) atoms. The quantitative estimate of drug-likeness (QED) is 0.660. The molecule has 3 rings (SSSR count). The van der Waals surface area contributed by atoms with Gasteiger partial charge < -0.3 is 15.3 Å². The van der Waals surface area contributed by atoms with Crippen LogP contribution in [0.1, 0.15) is 0 Å². The van der Waals surface area contributed by atoms with Gasteiger partial charge in [-0.15, -0.1) is 0 Å². The molecule has 0 amide bonds. The van der Waals surface area contributed by atoms with Crippen molar-refractivity contribution < 1.29 is 15.3 Å². The minimum absolute atomic E-state index is 0.0348. The van der Waals surface area contributed by atoms with Crippen LogP contribution in [0.3, 0.4) is 0 Å². The molecule has 0 bridgehead atoms. The summed E-state index contributed by atoms with van der Waals surface area (Å²) < 4.78 is 0. The lowest BCUT2D eigenvalue weighted by Crippen LogP contribution is -1.81. The van der Waals surface area contributed by atoms with Crippen molar-refractivity contribution in [2.24, 2.45) is 0 Å². The first-order valence-electron chi connectivity index (χ1n) is 6.55. The van der Waals surface area contributed by atoms with Crippen LogP contribution in [0.5, 0.6) is 17.2 Å². The Hall–Kier alpha value is -2.94. The van der Waals surface area contributed by atoms with Gasteiger partial charge in [0.05, 0.1) is 0 Å². The molecule has 0 unspecified atom stereocenters. The lowest BCUT2D eigenvalue weighted by Gasteiger charge is -2.06. The highest BCUT2D eigenvalue weighted by atomic mass is 16.3. The summed E-state index contributed by atoms with van der Waals surface area (Å²) in [6.07, 6.45) is 0. The van der Waals surface area contributed by atoms with E-state index in [2.05, 4.69) is 0 Å². The van der Waals surface area contributed by atoms with Crippen LogP contribution in [0, 0.1) is 0 Å². The minimum Gasteiger partial charge on any atom is -0.508 e. The molecule has 0 aliphatic rings. The predicted octanol–water partition coefficient (Wildman–Crippen LogP) is 4.14. The van der Waals surface area contributed by atoms with E-state index in [1.165, 1.54) is 6.07 Å². The first kappa shape index (κ1) is 13.1. The molecule has 3 N–H and O–H groups in total. The van der Waals surface area contributed by atoms with E-state index in [9.17, 15) is 15.3 Å². The highest BCUT2D eigenvalue weighted by Gasteiger charge is 2.03. The highest BCUT2D eigenvalue weighted by molar-refractivity contribution is 5.72. The molecule has 0 aliphatic heterocycles. The Balaban J connectivity index is 1.95. The summed E-state index contributed by atoms with van der Waals surface area (Å²) in [6, 6.07) is 19.3. The summed E-state index contributed by atoms with van der Waals surface area (Å²) in [5.74, 6) is 0.311. The summed E-state index contributed by atoms with van der Waals surface area (Å²) in [5.41, 5.74) is 3.70. The van der Waals surface area contributed by atoms with Crippen molar-refractivity contribution in [1.82, 2.24) is 0 Å². The van der Waals surface area contributed by atoms with Crippen molar-refractivity contribution in [3.8, 4) is 39.5 Å². The molecule has 0 heterocycles. The summed E-state index contributed by atoms with van der Waals surface area (Å²) >= 11 is 0. The molecule has 0 radical (unpaired) electrons. The first-order valence-corrected chi connectivity index (χ1v) is 6.55. The second-order valence-corrected chi connectivity index (χ2v) is 4.86. The van der Waals surface area contributed by atoms with E-state index in [1.807, 2.05) is 36.4 Å². The maximum absolute atomic E-state index is 9.53. The van der Waals surface area contributed by atoms with E-state index >= 15 is 0 Å². The van der Waals surface area contributed by atoms with Gasteiger partial charge >= 0.3 is 0 Å². The van der Waals surface area contributed by atoms with Gasteiger partial charge in [-0.25, -0.2) is 0 Å². The number of aromatic hydroxyl groups is 3. The van der Waals surface area contributed by atoms with E-state index in [0.717, 1.165) is 22.3 Å². The molecule has 3 aromatic carbocycles. The van der Waals surface area contributed by atoms with Crippen LogP contribution in [-0.2, 0) is 0 Å². The number of phenols is 3. The van der Waals surface area contributed by atoms with Crippen LogP contribution in [0.4, 0.5) is 0 Å².